The molecule has 5 heteroatoms. The molecular formula is C14H23NO4. The molecule has 5 nitrogen and oxygen atoms in total. The molecule has 2 saturated carbocycles. The Hall–Kier alpha value is -1.26. The minimum atomic E-state index is -0.968. The lowest BCUT2D eigenvalue weighted by Crippen LogP contribution is -2.47. The second-order valence-corrected chi connectivity index (χ2v) is 6.88. The molecule has 0 aliphatic heterocycles. The minimum absolute atomic E-state index is 0.0382. The van der Waals surface area contributed by atoms with E-state index in [1.54, 1.807) is 20.8 Å². The Kier molecular flexibility index (Phi) is 3.49. The molecule has 0 bridgehead atoms. The highest BCUT2D eigenvalue weighted by atomic mass is 16.6. The van der Waals surface area contributed by atoms with E-state index in [0.29, 0.717) is 11.8 Å². The van der Waals surface area contributed by atoms with Crippen molar-refractivity contribution in [2.45, 2.75) is 52.2 Å². The quantitative estimate of drug-likeness (QED) is 0.824. The molecule has 0 aromatic carbocycles. The smallest absolute Gasteiger partial charge is 0.408 e. The van der Waals surface area contributed by atoms with Crippen LogP contribution in [0.5, 0.6) is 0 Å². The Bertz CT molecular complexity index is 375. The number of rotatable bonds is 3. The topological polar surface area (TPSA) is 75.6 Å². The number of carboxylic acids is 1. The maximum Gasteiger partial charge on any atom is 0.408 e. The van der Waals surface area contributed by atoms with Crippen LogP contribution in [-0.2, 0) is 9.53 Å². The lowest BCUT2D eigenvalue weighted by Gasteiger charge is -2.25. The van der Waals surface area contributed by atoms with Gasteiger partial charge >= 0.3 is 12.1 Å². The molecule has 2 rings (SSSR count). The number of ether oxygens (including phenoxy) is 1. The second kappa shape index (κ2) is 4.69. The summed E-state index contributed by atoms with van der Waals surface area (Å²) in [5.74, 6) is 1.12. The van der Waals surface area contributed by atoms with E-state index in [0.717, 1.165) is 18.8 Å². The Balaban J connectivity index is 1.91. The zero-order chi connectivity index (χ0) is 14.4. The lowest BCUT2D eigenvalue weighted by atomic mass is 9.92. The fourth-order valence-corrected chi connectivity index (χ4v) is 3.30. The first-order valence-corrected chi connectivity index (χ1v) is 6.91. The molecule has 0 radical (unpaired) electrons. The number of hydrogen-bond acceptors (Lipinski definition) is 3. The number of aliphatic carboxylic acids is 1. The van der Waals surface area contributed by atoms with Gasteiger partial charge in [0.05, 0.1) is 0 Å². The molecule has 2 aliphatic rings. The zero-order valence-corrected chi connectivity index (χ0v) is 12.0. The molecular weight excluding hydrogens is 246 g/mol. The molecule has 0 saturated heterocycles. The summed E-state index contributed by atoms with van der Waals surface area (Å²) in [7, 11) is 0. The summed E-state index contributed by atoms with van der Waals surface area (Å²) in [5, 5.41) is 11.8. The van der Waals surface area contributed by atoms with E-state index in [1.165, 1.54) is 0 Å². The minimum Gasteiger partial charge on any atom is -0.480 e. The van der Waals surface area contributed by atoms with Crippen molar-refractivity contribution in [3.8, 4) is 0 Å². The Labute approximate surface area is 113 Å². The highest BCUT2D eigenvalue weighted by molar-refractivity contribution is 5.80. The van der Waals surface area contributed by atoms with Crippen molar-refractivity contribution < 1.29 is 19.4 Å². The van der Waals surface area contributed by atoms with Crippen molar-refractivity contribution >= 4 is 12.1 Å². The monoisotopic (exact) mass is 269 g/mol. The van der Waals surface area contributed by atoms with E-state index in [9.17, 15) is 14.7 Å². The van der Waals surface area contributed by atoms with E-state index < -0.39 is 23.7 Å². The number of alkyl carbamates (subject to hydrolysis) is 1. The van der Waals surface area contributed by atoms with Crippen molar-refractivity contribution in [1.82, 2.24) is 5.32 Å². The predicted molar refractivity (Wildman–Crippen MR) is 69.7 cm³/mol. The van der Waals surface area contributed by atoms with Gasteiger partial charge in [0.15, 0.2) is 0 Å². The number of fused-ring (bicyclic) bond motifs is 1. The van der Waals surface area contributed by atoms with Crippen molar-refractivity contribution in [3.63, 3.8) is 0 Å². The van der Waals surface area contributed by atoms with Crippen LogP contribution in [0.1, 0.15) is 40.5 Å². The maximum absolute atomic E-state index is 11.7. The Morgan fingerprint density at radius 2 is 1.79 bits per heavy atom. The maximum atomic E-state index is 11.7. The molecule has 0 aromatic heterocycles. The van der Waals surface area contributed by atoms with Crippen molar-refractivity contribution in [1.29, 1.82) is 0 Å². The van der Waals surface area contributed by atoms with Gasteiger partial charge in [0.2, 0.25) is 0 Å². The van der Waals surface area contributed by atoms with Gasteiger partial charge in [0.1, 0.15) is 11.6 Å². The van der Waals surface area contributed by atoms with Crippen LogP contribution in [0.2, 0.25) is 0 Å². The third-order valence-electron chi connectivity index (χ3n) is 4.32. The molecule has 0 spiro atoms. The summed E-state index contributed by atoms with van der Waals surface area (Å²) >= 11 is 0. The van der Waals surface area contributed by atoms with Crippen LogP contribution in [0.3, 0.4) is 0 Å². The van der Waals surface area contributed by atoms with Crippen LogP contribution in [-0.4, -0.2) is 28.8 Å². The van der Waals surface area contributed by atoms with Gasteiger partial charge in [0, 0.05) is 0 Å². The standard InChI is InChI=1S/C14H23NO4/c1-7-9-5-8(6-10(7)9)11(12(16)17)15-13(18)19-14(2,3)4/h7-11H,5-6H2,1-4H3,(H,15,18)(H,16,17). The molecule has 19 heavy (non-hydrogen) atoms. The number of hydrogen-bond donors (Lipinski definition) is 2. The summed E-state index contributed by atoms with van der Waals surface area (Å²) < 4.78 is 5.12. The van der Waals surface area contributed by atoms with Crippen LogP contribution < -0.4 is 5.32 Å². The number of nitrogens with one attached hydrogen (secondary N) is 1. The predicted octanol–water partition coefficient (Wildman–Crippen LogP) is 2.26. The number of carbonyl (C=O) groups excluding carboxylic acids is 1. The molecule has 0 aromatic rings. The van der Waals surface area contributed by atoms with Gasteiger partial charge < -0.3 is 15.2 Å². The van der Waals surface area contributed by atoms with Crippen molar-refractivity contribution in [2.24, 2.45) is 23.7 Å². The first kappa shape index (κ1) is 14.2. The highest BCUT2D eigenvalue weighted by Gasteiger charge is 2.55. The molecule has 0 heterocycles. The second-order valence-electron chi connectivity index (χ2n) is 6.88. The van der Waals surface area contributed by atoms with Gasteiger partial charge in [-0.15, -0.1) is 0 Å². The molecule has 1 amide bonds. The fraction of sp³-hybridized carbons (Fsp3) is 0.857. The summed E-state index contributed by atoms with van der Waals surface area (Å²) in [6.07, 6.45) is 1.16. The number of amides is 1. The van der Waals surface area contributed by atoms with Crippen LogP contribution >= 0.6 is 0 Å². The van der Waals surface area contributed by atoms with Crippen LogP contribution in [0.15, 0.2) is 0 Å². The normalized spacial score (nSPS) is 34.3. The van der Waals surface area contributed by atoms with E-state index in [2.05, 4.69) is 12.2 Å². The van der Waals surface area contributed by atoms with E-state index in [-0.39, 0.29) is 5.92 Å². The third kappa shape index (κ3) is 3.19. The van der Waals surface area contributed by atoms with Gasteiger partial charge in [-0.1, -0.05) is 6.92 Å². The van der Waals surface area contributed by atoms with Crippen molar-refractivity contribution in [3.05, 3.63) is 0 Å². The fourth-order valence-electron chi connectivity index (χ4n) is 3.30. The van der Waals surface area contributed by atoms with Gasteiger partial charge in [-0.3, -0.25) is 0 Å². The van der Waals surface area contributed by atoms with Gasteiger partial charge in [-0.25, -0.2) is 9.59 Å². The average Bonchev–Trinajstić information content (AvgIpc) is 2.72. The van der Waals surface area contributed by atoms with Gasteiger partial charge in [-0.05, 0) is 57.3 Å². The van der Waals surface area contributed by atoms with Crippen LogP contribution in [0.4, 0.5) is 4.79 Å². The van der Waals surface area contributed by atoms with E-state index in [1.807, 2.05) is 0 Å². The number of carboxylic acid groups (broad SMARTS) is 1. The zero-order valence-electron chi connectivity index (χ0n) is 12.0. The van der Waals surface area contributed by atoms with Gasteiger partial charge in [-0.2, -0.15) is 0 Å². The lowest BCUT2D eigenvalue weighted by molar-refractivity contribution is -0.141. The highest BCUT2D eigenvalue weighted by Crippen LogP contribution is 2.59. The summed E-state index contributed by atoms with van der Waals surface area (Å²) in [4.78, 5) is 23.0. The Morgan fingerprint density at radius 3 is 2.21 bits per heavy atom. The molecule has 108 valence electrons. The summed E-state index contributed by atoms with van der Waals surface area (Å²) in [6.45, 7) is 7.49. The number of carbonyl (C=O) groups is 2. The van der Waals surface area contributed by atoms with Gasteiger partial charge in [0.25, 0.3) is 0 Å². The first-order valence-electron chi connectivity index (χ1n) is 6.91. The third-order valence-corrected chi connectivity index (χ3v) is 4.32. The van der Waals surface area contributed by atoms with E-state index >= 15 is 0 Å². The molecule has 2 aliphatic carbocycles. The molecule has 3 unspecified atom stereocenters. The largest absolute Gasteiger partial charge is 0.480 e. The molecule has 2 N–H and O–H groups in total. The van der Waals surface area contributed by atoms with Crippen molar-refractivity contribution in [2.75, 3.05) is 0 Å². The molecule has 2 fully saturated rings. The SMILES string of the molecule is CC1C2CC(C(NC(=O)OC(C)(C)C)C(=O)O)CC12. The summed E-state index contributed by atoms with van der Waals surface area (Å²) in [6, 6.07) is -0.824. The van der Waals surface area contributed by atoms with E-state index in [4.69, 9.17) is 4.74 Å². The average molecular weight is 269 g/mol. The summed E-state index contributed by atoms with van der Waals surface area (Å²) in [5.41, 5.74) is -0.612. The Morgan fingerprint density at radius 1 is 1.26 bits per heavy atom. The first-order chi connectivity index (χ1) is 8.69. The van der Waals surface area contributed by atoms with Crippen LogP contribution in [0, 0.1) is 23.7 Å². The van der Waals surface area contributed by atoms with Crippen LogP contribution in [0.25, 0.3) is 0 Å². The molecule has 3 atom stereocenters.